The highest BCUT2D eigenvalue weighted by Crippen LogP contribution is 2.37. The number of hydrogen-bond acceptors (Lipinski definition) is 5. The maximum atomic E-state index is 12.4. The molecule has 5 nitrogen and oxygen atoms in total. The lowest BCUT2D eigenvalue weighted by Crippen LogP contribution is -2.07. The summed E-state index contributed by atoms with van der Waals surface area (Å²) in [6.45, 7) is 0. The third-order valence-electron chi connectivity index (χ3n) is 2.75. The number of benzene rings is 1. The number of carbonyl (C=O) groups excluding carboxylic acids is 1. The van der Waals surface area contributed by atoms with Gasteiger partial charge in [0.25, 0.3) is 0 Å². The summed E-state index contributed by atoms with van der Waals surface area (Å²) in [5, 5.41) is 0. The maximum Gasteiger partial charge on any atom is 0.215 e. The van der Waals surface area contributed by atoms with Crippen LogP contribution in [-0.4, -0.2) is 25.0 Å². The summed E-state index contributed by atoms with van der Waals surface area (Å²) < 4.78 is 11.0. The number of methoxy groups -OCH3 is 2. The number of ketones is 1. The van der Waals surface area contributed by atoms with Gasteiger partial charge in [0.15, 0.2) is 0 Å². The van der Waals surface area contributed by atoms with Gasteiger partial charge >= 0.3 is 0 Å². The van der Waals surface area contributed by atoms with Gasteiger partial charge in [0, 0.05) is 0 Å². The van der Waals surface area contributed by atoms with Gasteiger partial charge in [-0.3, -0.25) is 9.78 Å². The first-order valence-corrected chi connectivity index (χ1v) is 6.54. The minimum Gasteiger partial charge on any atom is -0.495 e. The van der Waals surface area contributed by atoms with Crippen LogP contribution in [0.25, 0.3) is 0 Å². The fourth-order valence-corrected chi connectivity index (χ4v) is 2.42. The lowest BCUT2D eigenvalue weighted by molar-refractivity contribution is 0.103. The molecule has 20 heavy (non-hydrogen) atoms. The highest BCUT2D eigenvalue weighted by molar-refractivity contribution is 9.10. The third kappa shape index (κ3) is 2.60. The first-order valence-electron chi connectivity index (χ1n) is 5.75. The van der Waals surface area contributed by atoms with Gasteiger partial charge in [-0.25, -0.2) is 0 Å². The molecule has 104 valence electrons. The second-order valence-electron chi connectivity index (χ2n) is 3.97. The predicted molar refractivity (Wildman–Crippen MR) is 79.3 cm³/mol. The number of halogens is 1. The van der Waals surface area contributed by atoms with Crippen LogP contribution in [0.15, 0.2) is 34.9 Å². The zero-order valence-corrected chi connectivity index (χ0v) is 12.6. The van der Waals surface area contributed by atoms with Gasteiger partial charge in [-0.2, -0.15) is 0 Å². The van der Waals surface area contributed by atoms with Crippen LogP contribution in [-0.2, 0) is 0 Å². The Bertz CT molecular complexity index is 642. The highest BCUT2D eigenvalue weighted by atomic mass is 79.9. The Balaban J connectivity index is 2.49. The van der Waals surface area contributed by atoms with Gasteiger partial charge in [0.2, 0.25) is 5.78 Å². The number of nitrogen functional groups attached to an aromatic ring is 1. The molecule has 0 aliphatic rings. The topological polar surface area (TPSA) is 74.4 Å². The molecule has 0 bridgehead atoms. The Labute approximate surface area is 124 Å². The molecule has 0 radical (unpaired) electrons. The van der Waals surface area contributed by atoms with E-state index in [9.17, 15) is 4.79 Å². The Morgan fingerprint density at radius 1 is 1.20 bits per heavy atom. The van der Waals surface area contributed by atoms with Gasteiger partial charge < -0.3 is 15.2 Å². The van der Waals surface area contributed by atoms with Crippen molar-refractivity contribution in [3.8, 4) is 11.5 Å². The Morgan fingerprint density at radius 3 is 2.50 bits per heavy atom. The maximum absolute atomic E-state index is 12.4. The van der Waals surface area contributed by atoms with Crippen molar-refractivity contribution < 1.29 is 14.3 Å². The molecule has 6 heteroatoms. The SMILES string of the molecule is COc1ccc(C(=O)c2ccc(N)cn2)c(OC)c1Br. The monoisotopic (exact) mass is 336 g/mol. The zero-order valence-electron chi connectivity index (χ0n) is 11.0. The van der Waals surface area contributed by atoms with E-state index in [0.29, 0.717) is 32.9 Å². The van der Waals surface area contributed by atoms with Crippen LogP contribution in [0.5, 0.6) is 11.5 Å². The smallest absolute Gasteiger partial charge is 0.215 e. The molecule has 1 aromatic carbocycles. The highest BCUT2D eigenvalue weighted by Gasteiger charge is 2.20. The minimum absolute atomic E-state index is 0.245. The van der Waals surface area contributed by atoms with Crippen molar-refractivity contribution in [2.75, 3.05) is 20.0 Å². The molecule has 0 saturated heterocycles. The third-order valence-corrected chi connectivity index (χ3v) is 3.50. The quantitative estimate of drug-likeness (QED) is 0.869. The average Bonchev–Trinajstić information content (AvgIpc) is 2.47. The molecular formula is C14H13BrN2O3. The van der Waals surface area contributed by atoms with E-state index in [4.69, 9.17) is 15.2 Å². The Hall–Kier alpha value is -2.08. The van der Waals surface area contributed by atoms with Gasteiger partial charge in [0.05, 0.1) is 31.7 Å². The summed E-state index contributed by atoms with van der Waals surface area (Å²) >= 11 is 3.36. The lowest BCUT2D eigenvalue weighted by Gasteiger charge is -2.12. The van der Waals surface area contributed by atoms with Crippen LogP contribution >= 0.6 is 15.9 Å². The summed E-state index contributed by atoms with van der Waals surface area (Å²) in [6.07, 6.45) is 1.44. The number of carbonyl (C=O) groups is 1. The summed E-state index contributed by atoms with van der Waals surface area (Å²) in [5.41, 5.74) is 6.77. The lowest BCUT2D eigenvalue weighted by atomic mass is 10.1. The molecule has 1 aromatic heterocycles. The fourth-order valence-electron chi connectivity index (χ4n) is 1.75. The number of anilines is 1. The van der Waals surface area contributed by atoms with Crippen LogP contribution < -0.4 is 15.2 Å². The van der Waals surface area contributed by atoms with Gasteiger partial charge in [-0.1, -0.05) is 0 Å². The molecule has 2 rings (SSSR count). The molecule has 1 heterocycles. The van der Waals surface area contributed by atoms with E-state index in [1.807, 2.05) is 0 Å². The minimum atomic E-state index is -0.245. The second kappa shape index (κ2) is 5.92. The van der Waals surface area contributed by atoms with Crippen molar-refractivity contribution in [2.24, 2.45) is 0 Å². The molecular weight excluding hydrogens is 324 g/mol. The van der Waals surface area contributed by atoms with E-state index >= 15 is 0 Å². The van der Waals surface area contributed by atoms with Crippen molar-refractivity contribution >= 4 is 27.4 Å². The van der Waals surface area contributed by atoms with Crippen LogP contribution in [0, 0.1) is 0 Å². The predicted octanol–water partition coefficient (Wildman–Crippen LogP) is 2.67. The summed E-state index contributed by atoms with van der Waals surface area (Å²) in [4.78, 5) is 16.5. The van der Waals surface area contributed by atoms with Gasteiger partial charge in [0.1, 0.15) is 21.7 Å². The normalized spacial score (nSPS) is 10.2. The zero-order chi connectivity index (χ0) is 14.7. The Morgan fingerprint density at radius 2 is 1.95 bits per heavy atom. The first kappa shape index (κ1) is 14.3. The molecule has 0 fully saturated rings. The molecule has 0 saturated carbocycles. The summed E-state index contributed by atoms with van der Waals surface area (Å²) in [5.74, 6) is 0.752. The van der Waals surface area contributed by atoms with Crippen molar-refractivity contribution in [1.82, 2.24) is 4.98 Å². The molecule has 0 aliphatic heterocycles. The van der Waals surface area contributed by atoms with Crippen LogP contribution in [0.1, 0.15) is 16.1 Å². The van der Waals surface area contributed by atoms with E-state index in [1.54, 1.807) is 31.4 Å². The number of nitrogens with two attached hydrogens (primary N) is 1. The van der Waals surface area contributed by atoms with Gasteiger partial charge in [-0.05, 0) is 40.2 Å². The fraction of sp³-hybridized carbons (Fsp3) is 0.143. The number of pyridine rings is 1. The molecule has 0 atom stereocenters. The molecule has 0 amide bonds. The standard InChI is InChI=1S/C14H13BrN2O3/c1-19-11-6-4-9(14(20-2)12(11)15)13(18)10-5-3-8(16)7-17-10/h3-7H,16H2,1-2H3. The molecule has 0 unspecified atom stereocenters. The van der Waals surface area contributed by atoms with E-state index < -0.39 is 0 Å². The van der Waals surface area contributed by atoms with E-state index in [-0.39, 0.29) is 5.78 Å². The van der Waals surface area contributed by atoms with E-state index in [0.717, 1.165) is 0 Å². The van der Waals surface area contributed by atoms with E-state index in [2.05, 4.69) is 20.9 Å². The number of nitrogens with zero attached hydrogens (tertiary/aromatic N) is 1. The molecule has 2 aromatic rings. The van der Waals surface area contributed by atoms with E-state index in [1.165, 1.54) is 13.3 Å². The largest absolute Gasteiger partial charge is 0.495 e. The van der Waals surface area contributed by atoms with Crippen LogP contribution in [0.2, 0.25) is 0 Å². The summed E-state index contributed by atoms with van der Waals surface area (Å²) in [7, 11) is 3.04. The van der Waals surface area contributed by atoms with Crippen molar-refractivity contribution in [1.29, 1.82) is 0 Å². The van der Waals surface area contributed by atoms with Gasteiger partial charge in [-0.15, -0.1) is 0 Å². The van der Waals surface area contributed by atoms with Crippen molar-refractivity contribution in [2.45, 2.75) is 0 Å². The first-order chi connectivity index (χ1) is 9.58. The second-order valence-corrected chi connectivity index (χ2v) is 4.76. The number of aromatic nitrogens is 1. The van der Waals surface area contributed by atoms with Crippen LogP contribution in [0.3, 0.4) is 0 Å². The number of ether oxygens (including phenoxy) is 2. The number of hydrogen-bond donors (Lipinski definition) is 1. The van der Waals surface area contributed by atoms with Crippen molar-refractivity contribution in [3.63, 3.8) is 0 Å². The van der Waals surface area contributed by atoms with Crippen LogP contribution in [0.4, 0.5) is 5.69 Å². The summed E-state index contributed by atoms with van der Waals surface area (Å²) in [6, 6.07) is 6.54. The average molecular weight is 337 g/mol. The Kier molecular flexibility index (Phi) is 4.24. The van der Waals surface area contributed by atoms with Crippen molar-refractivity contribution in [3.05, 3.63) is 46.2 Å². The number of rotatable bonds is 4. The molecule has 0 spiro atoms. The molecule has 2 N–H and O–H groups in total. The molecule has 0 aliphatic carbocycles.